The van der Waals surface area contributed by atoms with Gasteiger partial charge in [0.25, 0.3) is 5.91 Å². The Morgan fingerprint density at radius 3 is 2.74 bits per heavy atom. The highest BCUT2D eigenvalue weighted by atomic mass is 32.1. The van der Waals surface area contributed by atoms with Crippen LogP contribution in [0.5, 0.6) is 11.5 Å². The number of amides is 1. The summed E-state index contributed by atoms with van der Waals surface area (Å²) in [7, 11) is 1.55. The van der Waals surface area contributed by atoms with Gasteiger partial charge >= 0.3 is 0 Å². The third kappa shape index (κ3) is 3.72. The third-order valence-corrected chi connectivity index (χ3v) is 7.36. The molecule has 0 radical (unpaired) electrons. The van der Waals surface area contributed by atoms with Crippen LogP contribution in [0.25, 0.3) is 10.2 Å². The zero-order valence-corrected chi connectivity index (χ0v) is 20.0. The Kier molecular flexibility index (Phi) is 5.80. The molecule has 7 nitrogen and oxygen atoms in total. The summed E-state index contributed by atoms with van der Waals surface area (Å²) in [4.78, 5) is 33.2. The number of fused-ring (bicyclic) bond motifs is 1. The van der Waals surface area contributed by atoms with Crippen molar-refractivity contribution in [2.75, 3.05) is 18.6 Å². The van der Waals surface area contributed by atoms with E-state index < -0.39 is 23.5 Å². The third-order valence-electron chi connectivity index (χ3n) is 5.47. The Hall–Kier alpha value is -3.69. The number of methoxy groups -OCH3 is 1. The van der Waals surface area contributed by atoms with Gasteiger partial charge in [-0.3, -0.25) is 14.5 Å². The van der Waals surface area contributed by atoms with Crippen molar-refractivity contribution in [1.82, 2.24) is 4.98 Å². The van der Waals surface area contributed by atoms with Crippen molar-refractivity contribution in [2.24, 2.45) is 0 Å². The van der Waals surface area contributed by atoms with Crippen molar-refractivity contribution >= 4 is 49.7 Å². The van der Waals surface area contributed by atoms with Crippen LogP contribution >= 0.6 is 22.7 Å². The van der Waals surface area contributed by atoms with Crippen LogP contribution in [0.1, 0.15) is 28.2 Å². The molecule has 0 saturated heterocycles. The van der Waals surface area contributed by atoms with Crippen molar-refractivity contribution in [3.63, 3.8) is 0 Å². The SMILES string of the molecule is CCOc1ccc2nc(N3C(=O)C(O)=C(C(=O)c4cccs4)C3c3cccc(OC)c3)sc2c1. The fourth-order valence-corrected chi connectivity index (χ4v) is 5.65. The molecule has 4 aromatic rings. The number of thiophene rings is 1. The molecule has 34 heavy (non-hydrogen) atoms. The van der Waals surface area contributed by atoms with Gasteiger partial charge < -0.3 is 14.6 Å². The predicted molar refractivity (Wildman–Crippen MR) is 132 cm³/mol. The number of Topliss-reactive ketones (excluding diaryl/α,β-unsaturated/α-hetero) is 1. The van der Waals surface area contributed by atoms with Crippen molar-refractivity contribution < 1.29 is 24.2 Å². The second-order valence-corrected chi connectivity index (χ2v) is 9.44. The van der Waals surface area contributed by atoms with Gasteiger partial charge in [0.2, 0.25) is 5.78 Å². The maximum absolute atomic E-state index is 13.4. The first-order valence-corrected chi connectivity index (χ1v) is 12.2. The van der Waals surface area contributed by atoms with E-state index in [1.807, 2.05) is 25.1 Å². The lowest BCUT2D eigenvalue weighted by Gasteiger charge is -2.24. The number of carbonyl (C=O) groups is 2. The van der Waals surface area contributed by atoms with Crippen LogP contribution in [0.4, 0.5) is 5.13 Å². The number of aliphatic hydroxyl groups excluding tert-OH is 1. The number of ketones is 1. The summed E-state index contributed by atoms with van der Waals surface area (Å²) in [6.45, 7) is 2.44. The number of ether oxygens (including phenoxy) is 2. The minimum Gasteiger partial charge on any atom is -0.503 e. The summed E-state index contributed by atoms with van der Waals surface area (Å²) in [5.41, 5.74) is 1.35. The quantitative estimate of drug-likeness (QED) is 0.340. The van der Waals surface area contributed by atoms with Gasteiger partial charge in [-0.15, -0.1) is 11.3 Å². The second kappa shape index (κ2) is 8.92. The molecule has 0 aliphatic carbocycles. The number of hydrogen-bond donors (Lipinski definition) is 1. The number of thiazole rings is 1. The first-order chi connectivity index (χ1) is 16.5. The van der Waals surface area contributed by atoms with Gasteiger partial charge in [0.05, 0.1) is 40.4 Å². The van der Waals surface area contributed by atoms with Gasteiger partial charge in [0, 0.05) is 0 Å². The number of hydrogen-bond acceptors (Lipinski definition) is 8. The molecule has 1 unspecified atom stereocenters. The van der Waals surface area contributed by atoms with Gasteiger partial charge in [-0.25, -0.2) is 4.98 Å². The minimum atomic E-state index is -0.857. The molecule has 0 spiro atoms. The molecule has 1 aliphatic heterocycles. The maximum atomic E-state index is 13.4. The molecule has 2 aromatic heterocycles. The molecule has 0 fully saturated rings. The number of anilines is 1. The molecular weight excluding hydrogens is 472 g/mol. The number of rotatable bonds is 7. The fraction of sp³-hybridized carbons (Fsp3) is 0.160. The van der Waals surface area contributed by atoms with Crippen LogP contribution in [-0.2, 0) is 4.79 Å². The molecule has 172 valence electrons. The van der Waals surface area contributed by atoms with E-state index in [0.29, 0.717) is 39.2 Å². The number of carbonyl (C=O) groups excluding carboxylic acids is 2. The average molecular weight is 493 g/mol. The summed E-state index contributed by atoms with van der Waals surface area (Å²) in [6.07, 6.45) is 0. The van der Waals surface area contributed by atoms with E-state index in [0.717, 1.165) is 4.70 Å². The lowest BCUT2D eigenvalue weighted by molar-refractivity contribution is -0.117. The van der Waals surface area contributed by atoms with Crippen molar-refractivity contribution in [1.29, 1.82) is 0 Å². The summed E-state index contributed by atoms with van der Waals surface area (Å²) in [6, 6.07) is 15.2. The molecule has 1 N–H and O–H groups in total. The number of aliphatic hydroxyl groups is 1. The van der Waals surface area contributed by atoms with Crippen LogP contribution in [-0.4, -0.2) is 35.5 Å². The summed E-state index contributed by atoms with van der Waals surface area (Å²) in [5, 5.41) is 13.1. The van der Waals surface area contributed by atoms with E-state index >= 15 is 0 Å². The molecule has 1 aliphatic rings. The van der Waals surface area contributed by atoms with Crippen molar-refractivity contribution in [3.8, 4) is 11.5 Å². The lowest BCUT2D eigenvalue weighted by Crippen LogP contribution is -2.30. The summed E-state index contributed by atoms with van der Waals surface area (Å²) in [5.74, 6) is -0.352. The van der Waals surface area contributed by atoms with E-state index in [1.54, 1.807) is 48.9 Å². The molecular formula is C25H20N2O5S2. The normalized spacial score (nSPS) is 15.9. The van der Waals surface area contributed by atoms with Crippen LogP contribution in [0.2, 0.25) is 0 Å². The van der Waals surface area contributed by atoms with Crippen LogP contribution < -0.4 is 14.4 Å². The molecule has 0 saturated carbocycles. The highest BCUT2D eigenvalue weighted by Gasteiger charge is 2.46. The maximum Gasteiger partial charge on any atom is 0.296 e. The molecule has 9 heteroatoms. The van der Waals surface area contributed by atoms with E-state index in [9.17, 15) is 14.7 Å². The van der Waals surface area contributed by atoms with Crippen molar-refractivity contribution in [3.05, 3.63) is 81.8 Å². The van der Waals surface area contributed by atoms with Crippen LogP contribution in [0, 0.1) is 0 Å². The Morgan fingerprint density at radius 1 is 1.15 bits per heavy atom. The zero-order valence-electron chi connectivity index (χ0n) is 18.3. The highest BCUT2D eigenvalue weighted by Crippen LogP contribution is 2.45. The Balaban J connectivity index is 1.66. The second-order valence-electron chi connectivity index (χ2n) is 7.48. The smallest absolute Gasteiger partial charge is 0.296 e. The Morgan fingerprint density at radius 2 is 2.00 bits per heavy atom. The summed E-state index contributed by atoms with van der Waals surface area (Å²) < 4.78 is 11.8. The molecule has 5 rings (SSSR count). The molecule has 3 heterocycles. The average Bonchev–Trinajstić information content (AvgIpc) is 3.58. The monoisotopic (exact) mass is 492 g/mol. The van der Waals surface area contributed by atoms with E-state index in [2.05, 4.69) is 4.98 Å². The molecule has 0 bridgehead atoms. The first kappa shape index (κ1) is 22.1. The van der Waals surface area contributed by atoms with E-state index in [1.165, 1.54) is 27.6 Å². The minimum absolute atomic E-state index is 0.0231. The largest absolute Gasteiger partial charge is 0.503 e. The number of benzene rings is 2. The highest BCUT2D eigenvalue weighted by molar-refractivity contribution is 7.22. The van der Waals surface area contributed by atoms with Gasteiger partial charge in [-0.2, -0.15) is 0 Å². The Labute approximate surface area is 203 Å². The van der Waals surface area contributed by atoms with Gasteiger partial charge in [-0.1, -0.05) is 29.5 Å². The topological polar surface area (TPSA) is 89.0 Å². The summed E-state index contributed by atoms with van der Waals surface area (Å²) >= 11 is 2.55. The van der Waals surface area contributed by atoms with Gasteiger partial charge in [-0.05, 0) is 54.3 Å². The fourth-order valence-electron chi connectivity index (χ4n) is 3.95. The molecule has 2 aromatic carbocycles. The van der Waals surface area contributed by atoms with Gasteiger partial charge in [0.15, 0.2) is 10.9 Å². The standard InChI is InChI=1S/C25H20N2O5S2/c1-3-32-16-9-10-17-19(13-16)34-25(26-17)27-21(14-6-4-7-15(12-14)31-2)20(23(29)24(27)30)22(28)18-8-5-11-33-18/h4-13,21,29H,3H2,1-2H3. The van der Waals surface area contributed by atoms with Crippen molar-refractivity contribution in [2.45, 2.75) is 13.0 Å². The van der Waals surface area contributed by atoms with Gasteiger partial charge in [0.1, 0.15) is 11.5 Å². The van der Waals surface area contributed by atoms with E-state index in [4.69, 9.17) is 9.47 Å². The zero-order chi connectivity index (χ0) is 23.8. The van der Waals surface area contributed by atoms with E-state index in [-0.39, 0.29) is 5.57 Å². The molecule has 1 amide bonds. The molecule has 1 atom stereocenters. The number of aromatic nitrogens is 1. The first-order valence-electron chi connectivity index (χ1n) is 10.5. The Bertz CT molecular complexity index is 1420. The van der Waals surface area contributed by atoms with Crippen LogP contribution in [0.3, 0.4) is 0 Å². The van der Waals surface area contributed by atoms with Crippen LogP contribution in [0.15, 0.2) is 71.3 Å². The number of nitrogens with zero attached hydrogens (tertiary/aromatic N) is 2. The lowest BCUT2D eigenvalue weighted by atomic mass is 9.95. The predicted octanol–water partition coefficient (Wildman–Crippen LogP) is 5.55.